The van der Waals surface area contributed by atoms with Crippen molar-refractivity contribution in [3.63, 3.8) is 0 Å². The average Bonchev–Trinajstić information content (AvgIpc) is 2.54. The van der Waals surface area contributed by atoms with Crippen molar-refractivity contribution in [3.05, 3.63) is 0 Å². The molecule has 0 aromatic rings. The van der Waals surface area contributed by atoms with Crippen molar-refractivity contribution < 1.29 is 13.2 Å². The first-order valence-electron chi connectivity index (χ1n) is 8.47. The summed E-state index contributed by atoms with van der Waals surface area (Å²) in [4.78, 5) is 16.9. The van der Waals surface area contributed by atoms with E-state index < -0.39 is 10.0 Å². The molecule has 2 heterocycles. The second-order valence-corrected chi connectivity index (χ2v) is 8.34. The van der Waals surface area contributed by atoms with Crippen LogP contribution in [0.25, 0.3) is 0 Å². The molecular weight excluding hydrogens is 302 g/mol. The van der Waals surface area contributed by atoms with E-state index >= 15 is 0 Å². The molecule has 0 aliphatic carbocycles. The van der Waals surface area contributed by atoms with Gasteiger partial charge in [0.1, 0.15) is 0 Å². The maximum atomic E-state index is 12.6. The highest BCUT2D eigenvalue weighted by Crippen LogP contribution is 2.22. The van der Waals surface area contributed by atoms with Crippen LogP contribution in [-0.2, 0) is 14.8 Å². The number of carbonyl (C=O) groups is 1. The molecule has 128 valence electrons. The summed E-state index contributed by atoms with van der Waals surface area (Å²) in [5, 5.41) is 0. The van der Waals surface area contributed by atoms with Gasteiger partial charge in [-0.3, -0.25) is 4.79 Å². The number of sulfonamides is 1. The number of nitrogens with zero attached hydrogens (tertiary/aromatic N) is 3. The van der Waals surface area contributed by atoms with Gasteiger partial charge in [-0.1, -0.05) is 13.8 Å². The molecule has 2 saturated heterocycles. The molecule has 7 heteroatoms. The Kier molecular flexibility index (Phi) is 6.23. The van der Waals surface area contributed by atoms with Gasteiger partial charge in [-0.25, -0.2) is 12.7 Å². The van der Waals surface area contributed by atoms with E-state index in [0.29, 0.717) is 32.4 Å². The lowest BCUT2D eigenvalue weighted by molar-refractivity contribution is -0.138. The van der Waals surface area contributed by atoms with Crippen molar-refractivity contribution in [2.75, 3.05) is 51.6 Å². The minimum atomic E-state index is -3.12. The largest absolute Gasteiger partial charge is 0.340 e. The number of likely N-dealkylation sites (N-methyl/N-ethyl adjacent to an activating group) is 1. The summed E-state index contributed by atoms with van der Waals surface area (Å²) >= 11 is 0. The Morgan fingerprint density at radius 2 is 1.59 bits per heavy atom. The molecule has 0 spiro atoms. The second kappa shape index (κ2) is 7.75. The zero-order valence-electron chi connectivity index (χ0n) is 13.8. The number of piperazine rings is 1. The molecule has 0 N–H and O–H groups in total. The maximum absolute atomic E-state index is 12.6. The van der Waals surface area contributed by atoms with Crippen molar-refractivity contribution in [1.29, 1.82) is 0 Å². The fraction of sp³-hybridized carbons (Fsp3) is 0.933. The highest BCUT2D eigenvalue weighted by atomic mass is 32.2. The van der Waals surface area contributed by atoms with Crippen molar-refractivity contribution >= 4 is 15.9 Å². The predicted octanol–water partition coefficient (Wildman–Crippen LogP) is 0.602. The first-order valence-corrected chi connectivity index (χ1v) is 10.1. The lowest BCUT2D eigenvalue weighted by Gasteiger charge is -2.38. The molecule has 0 aromatic carbocycles. The molecule has 0 radical (unpaired) electrons. The van der Waals surface area contributed by atoms with Crippen molar-refractivity contribution in [3.8, 4) is 0 Å². The molecule has 2 aliphatic rings. The van der Waals surface area contributed by atoms with Gasteiger partial charge in [-0.05, 0) is 25.8 Å². The lowest BCUT2D eigenvalue weighted by Crippen LogP contribution is -2.51. The lowest BCUT2D eigenvalue weighted by atomic mass is 9.96. The molecule has 0 atom stereocenters. The van der Waals surface area contributed by atoms with Gasteiger partial charge in [0.25, 0.3) is 0 Å². The van der Waals surface area contributed by atoms with E-state index in [2.05, 4.69) is 11.8 Å². The SMILES string of the molecule is CCCS(=O)(=O)N1CCC(C(=O)N2CCN(CC)CC2)CC1. The predicted molar refractivity (Wildman–Crippen MR) is 87.1 cm³/mol. The summed E-state index contributed by atoms with van der Waals surface area (Å²) in [5.41, 5.74) is 0. The topological polar surface area (TPSA) is 60.9 Å². The molecule has 22 heavy (non-hydrogen) atoms. The van der Waals surface area contributed by atoms with Gasteiger partial charge in [-0.2, -0.15) is 0 Å². The number of carbonyl (C=O) groups excluding carboxylic acids is 1. The van der Waals surface area contributed by atoms with E-state index in [-0.39, 0.29) is 17.6 Å². The van der Waals surface area contributed by atoms with Crippen LogP contribution in [0.3, 0.4) is 0 Å². The highest BCUT2D eigenvalue weighted by molar-refractivity contribution is 7.89. The number of amides is 1. The van der Waals surface area contributed by atoms with Crippen molar-refractivity contribution in [2.45, 2.75) is 33.1 Å². The Morgan fingerprint density at radius 3 is 2.09 bits per heavy atom. The van der Waals surface area contributed by atoms with Gasteiger partial charge in [0.05, 0.1) is 5.75 Å². The number of hydrogen-bond acceptors (Lipinski definition) is 4. The van der Waals surface area contributed by atoms with Crippen molar-refractivity contribution in [1.82, 2.24) is 14.1 Å². The van der Waals surface area contributed by atoms with Crippen LogP contribution in [-0.4, -0.2) is 80.0 Å². The van der Waals surface area contributed by atoms with Gasteiger partial charge < -0.3 is 9.80 Å². The molecule has 0 aromatic heterocycles. The summed E-state index contributed by atoms with van der Waals surface area (Å²) in [5.74, 6) is 0.439. The van der Waals surface area contributed by atoms with Gasteiger partial charge in [0.2, 0.25) is 15.9 Å². The van der Waals surface area contributed by atoms with Crippen LogP contribution < -0.4 is 0 Å². The first-order chi connectivity index (χ1) is 10.5. The van der Waals surface area contributed by atoms with Gasteiger partial charge in [-0.15, -0.1) is 0 Å². The molecule has 2 aliphatic heterocycles. The van der Waals surface area contributed by atoms with Crippen LogP contribution in [0.1, 0.15) is 33.1 Å². The minimum absolute atomic E-state index is 0.00116. The van der Waals surface area contributed by atoms with Crippen LogP contribution in [0, 0.1) is 5.92 Å². The minimum Gasteiger partial charge on any atom is -0.340 e. The zero-order valence-corrected chi connectivity index (χ0v) is 14.6. The van der Waals surface area contributed by atoms with E-state index in [0.717, 1.165) is 32.7 Å². The van der Waals surface area contributed by atoms with E-state index in [1.54, 1.807) is 4.31 Å². The van der Waals surface area contributed by atoms with Gasteiger partial charge in [0.15, 0.2) is 0 Å². The molecule has 1 amide bonds. The smallest absolute Gasteiger partial charge is 0.225 e. The highest BCUT2D eigenvalue weighted by Gasteiger charge is 2.33. The number of hydrogen-bond donors (Lipinski definition) is 0. The molecule has 2 fully saturated rings. The molecule has 2 rings (SSSR count). The Labute approximate surface area is 134 Å². The third kappa shape index (κ3) is 4.20. The summed E-state index contributed by atoms with van der Waals surface area (Å²) < 4.78 is 25.7. The van der Waals surface area contributed by atoms with Crippen LogP contribution in [0.15, 0.2) is 0 Å². The van der Waals surface area contributed by atoms with Crippen LogP contribution in [0.4, 0.5) is 0 Å². The Hall–Kier alpha value is -0.660. The molecule has 0 saturated carbocycles. The Bertz CT molecular complexity index is 464. The standard InChI is InChI=1S/C15H29N3O3S/c1-3-13-22(20,21)18-7-5-14(6-8-18)15(19)17-11-9-16(4-2)10-12-17/h14H,3-13H2,1-2H3. The molecule has 0 unspecified atom stereocenters. The summed E-state index contributed by atoms with van der Waals surface area (Å²) in [6, 6.07) is 0. The van der Waals surface area contributed by atoms with Gasteiger partial charge >= 0.3 is 0 Å². The third-order valence-corrected chi connectivity index (χ3v) is 6.87. The monoisotopic (exact) mass is 331 g/mol. The van der Waals surface area contributed by atoms with E-state index in [4.69, 9.17) is 0 Å². The van der Waals surface area contributed by atoms with Crippen LogP contribution >= 0.6 is 0 Å². The third-order valence-electron chi connectivity index (χ3n) is 4.79. The van der Waals surface area contributed by atoms with E-state index in [9.17, 15) is 13.2 Å². The maximum Gasteiger partial charge on any atom is 0.225 e. The zero-order chi connectivity index (χ0) is 16.2. The fourth-order valence-electron chi connectivity index (χ4n) is 3.31. The summed E-state index contributed by atoms with van der Waals surface area (Å²) in [6.45, 7) is 9.56. The van der Waals surface area contributed by atoms with E-state index in [1.807, 2.05) is 11.8 Å². The fourth-order valence-corrected chi connectivity index (χ4v) is 4.85. The number of rotatable bonds is 5. The van der Waals surface area contributed by atoms with Crippen LogP contribution in [0.5, 0.6) is 0 Å². The number of piperidine rings is 1. The Balaban J connectivity index is 1.83. The molecule has 0 bridgehead atoms. The average molecular weight is 331 g/mol. The summed E-state index contributed by atoms with van der Waals surface area (Å²) in [6.07, 6.45) is 1.97. The molecule has 6 nitrogen and oxygen atoms in total. The van der Waals surface area contributed by atoms with E-state index in [1.165, 1.54) is 0 Å². The Morgan fingerprint density at radius 1 is 1.00 bits per heavy atom. The normalized spacial score (nSPS) is 22.9. The quantitative estimate of drug-likeness (QED) is 0.740. The van der Waals surface area contributed by atoms with Gasteiger partial charge in [0, 0.05) is 45.2 Å². The second-order valence-electron chi connectivity index (χ2n) is 6.25. The molecular formula is C15H29N3O3S. The first kappa shape index (κ1) is 17.7. The van der Waals surface area contributed by atoms with Crippen molar-refractivity contribution in [2.24, 2.45) is 5.92 Å². The van der Waals surface area contributed by atoms with Crippen LogP contribution in [0.2, 0.25) is 0 Å². The summed E-state index contributed by atoms with van der Waals surface area (Å²) in [7, 11) is -3.12.